The predicted octanol–water partition coefficient (Wildman–Crippen LogP) is 4.69. The molecule has 0 aliphatic heterocycles. The average Bonchev–Trinajstić information content (AvgIpc) is 3.29. The molecule has 0 spiro atoms. The van der Waals surface area contributed by atoms with E-state index < -0.39 is 0 Å². The van der Waals surface area contributed by atoms with Gasteiger partial charge in [0.05, 0.1) is 17.1 Å². The van der Waals surface area contributed by atoms with Crippen molar-refractivity contribution in [3.05, 3.63) is 76.3 Å². The molecule has 5 nitrogen and oxygen atoms in total. The number of fused-ring (bicyclic) bond motifs is 3. The SMILES string of the molecule is Cc1nn(-c2ccccn2)c2c1-c1nc(/N=C/c3ccc(F)cc3)sc1CC2. The van der Waals surface area contributed by atoms with Gasteiger partial charge in [0.1, 0.15) is 5.82 Å². The van der Waals surface area contributed by atoms with Gasteiger partial charge in [0, 0.05) is 22.9 Å². The van der Waals surface area contributed by atoms with Crippen LogP contribution in [0.5, 0.6) is 0 Å². The molecule has 1 aromatic carbocycles. The first kappa shape index (κ1) is 16.9. The third kappa shape index (κ3) is 2.93. The Labute approximate surface area is 165 Å². The van der Waals surface area contributed by atoms with Gasteiger partial charge >= 0.3 is 0 Å². The lowest BCUT2D eigenvalue weighted by Gasteiger charge is -2.13. The number of nitrogens with zero attached hydrogens (tertiary/aromatic N) is 5. The number of thiazole rings is 1. The van der Waals surface area contributed by atoms with E-state index in [1.807, 2.05) is 29.8 Å². The summed E-state index contributed by atoms with van der Waals surface area (Å²) in [5.41, 5.74) is 4.99. The quantitative estimate of drug-likeness (QED) is 0.478. The fourth-order valence-electron chi connectivity index (χ4n) is 3.45. The van der Waals surface area contributed by atoms with E-state index in [1.165, 1.54) is 17.0 Å². The Bertz CT molecular complexity index is 1180. The van der Waals surface area contributed by atoms with Gasteiger partial charge in [-0.15, -0.1) is 0 Å². The van der Waals surface area contributed by atoms with E-state index in [1.54, 1.807) is 35.9 Å². The molecule has 138 valence electrons. The standard InChI is InChI=1S/C21H16FN5S/c1-13-19-16(27(26-13)18-4-2-3-11-23-18)9-10-17-20(19)25-21(28-17)24-12-14-5-7-15(22)8-6-14/h2-8,11-12H,9-10H2,1H3/b24-12+. The second kappa shape index (κ2) is 6.76. The van der Waals surface area contributed by atoms with Crippen molar-refractivity contribution in [3.8, 4) is 17.1 Å². The predicted molar refractivity (Wildman–Crippen MR) is 108 cm³/mol. The lowest BCUT2D eigenvalue weighted by atomic mass is 9.98. The molecule has 3 aromatic heterocycles. The minimum Gasteiger partial charge on any atom is -0.237 e. The summed E-state index contributed by atoms with van der Waals surface area (Å²) in [5, 5.41) is 5.42. The summed E-state index contributed by atoms with van der Waals surface area (Å²) in [7, 11) is 0. The van der Waals surface area contributed by atoms with Crippen LogP contribution >= 0.6 is 11.3 Å². The maximum absolute atomic E-state index is 13.0. The first-order valence-corrected chi connectivity index (χ1v) is 9.80. The molecule has 1 aliphatic carbocycles. The fraction of sp³-hybridized carbons (Fsp3) is 0.143. The van der Waals surface area contributed by atoms with Gasteiger partial charge in [-0.2, -0.15) is 5.10 Å². The number of hydrogen-bond acceptors (Lipinski definition) is 5. The molecule has 1 aliphatic rings. The number of halogens is 1. The van der Waals surface area contributed by atoms with Crippen LogP contribution in [0.3, 0.4) is 0 Å². The zero-order valence-electron chi connectivity index (χ0n) is 15.1. The fourth-order valence-corrected chi connectivity index (χ4v) is 4.36. The smallest absolute Gasteiger partial charge is 0.209 e. The van der Waals surface area contributed by atoms with E-state index in [9.17, 15) is 4.39 Å². The van der Waals surface area contributed by atoms with Crippen LogP contribution in [0.1, 0.15) is 21.8 Å². The Morgan fingerprint density at radius 1 is 1.14 bits per heavy atom. The van der Waals surface area contributed by atoms with Gasteiger partial charge in [-0.1, -0.05) is 29.5 Å². The first-order valence-electron chi connectivity index (χ1n) is 8.98. The lowest BCUT2D eigenvalue weighted by molar-refractivity contribution is 0.628. The van der Waals surface area contributed by atoms with Gasteiger partial charge in [0.2, 0.25) is 5.13 Å². The number of hydrogen-bond donors (Lipinski definition) is 0. The molecule has 4 aromatic rings. The molecule has 0 bridgehead atoms. The van der Waals surface area contributed by atoms with Crippen LogP contribution in [0.15, 0.2) is 53.7 Å². The van der Waals surface area contributed by atoms with Crippen LogP contribution in [0.4, 0.5) is 9.52 Å². The van der Waals surface area contributed by atoms with Gasteiger partial charge in [-0.05, 0) is 49.6 Å². The van der Waals surface area contributed by atoms with Crippen LogP contribution in [-0.2, 0) is 12.8 Å². The minimum absolute atomic E-state index is 0.255. The topological polar surface area (TPSA) is 56.0 Å². The van der Waals surface area contributed by atoms with Gasteiger partial charge < -0.3 is 0 Å². The van der Waals surface area contributed by atoms with E-state index in [2.05, 4.69) is 9.98 Å². The van der Waals surface area contributed by atoms with Crippen molar-refractivity contribution in [1.82, 2.24) is 19.7 Å². The van der Waals surface area contributed by atoms with Crippen LogP contribution in [-0.4, -0.2) is 26.0 Å². The second-order valence-electron chi connectivity index (χ2n) is 6.58. The molecule has 3 heterocycles. The highest BCUT2D eigenvalue weighted by atomic mass is 32.1. The molecule has 0 atom stereocenters. The minimum atomic E-state index is -0.255. The monoisotopic (exact) mass is 389 g/mol. The third-order valence-corrected chi connectivity index (χ3v) is 5.75. The summed E-state index contributed by atoms with van der Waals surface area (Å²) in [4.78, 5) is 14.9. The van der Waals surface area contributed by atoms with Crippen molar-refractivity contribution in [2.45, 2.75) is 19.8 Å². The van der Waals surface area contributed by atoms with Crippen LogP contribution in [0, 0.1) is 12.7 Å². The molecule has 0 saturated heterocycles. The zero-order valence-corrected chi connectivity index (χ0v) is 15.9. The number of rotatable bonds is 3. The van der Waals surface area contributed by atoms with Crippen molar-refractivity contribution >= 4 is 22.7 Å². The van der Waals surface area contributed by atoms with E-state index in [-0.39, 0.29) is 5.82 Å². The molecule has 0 saturated carbocycles. The van der Waals surface area contributed by atoms with Crippen molar-refractivity contribution in [2.75, 3.05) is 0 Å². The maximum atomic E-state index is 13.0. The Hall–Kier alpha value is -3.19. The van der Waals surface area contributed by atoms with Gasteiger partial charge in [-0.3, -0.25) is 0 Å². The molecule has 28 heavy (non-hydrogen) atoms. The number of aliphatic imine (C=N–C) groups is 1. The van der Waals surface area contributed by atoms with Crippen LogP contribution in [0.2, 0.25) is 0 Å². The van der Waals surface area contributed by atoms with Gasteiger partial charge in [0.15, 0.2) is 5.82 Å². The Morgan fingerprint density at radius 3 is 2.79 bits per heavy atom. The molecule has 0 N–H and O–H groups in total. The normalized spacial score (nSPS) is 12.9. The summed E-state index contributed by atoms with van der Waals surface area (Å²) in [6, 6.07) is 12.1. The number of aromatic nitrogens is 4. The third-order valence-electron chi connectivity index (χ3n) is 4.73. The molecule has 0 fully saturated rings. The number of aryl methyl sites for hydroxylation is 2. The molecule has 0 radical (unpaired) electrons. The Morgan fingerprint density at radius 2 is 2.00 bits per heavy atom. The number of pyridine rings is 1. The zero-order chi connectivity index (χ0) is 19.1. The maximum Gasteiger partial charge on any atom is 0.209 e. The van der Waals surface area contributed by atoms with Gasteiger partial charge in [-0.25, -0.2) is 24.0 Å². The molecular formula is C21H16FN5S. The largest absolute Gasteiger partial charge is 0.237 e. The van der Waals surface area contributed by atoms with E-state index in [0.717, 1.165) is 46.9 Å². The van der Waals surface area contributed by atoms with Gasteiger partial charge in [0.25, 0.3) is 0 Å². The molecule has 5 rings (SSSR count). The molecular weight excluding hydrogens is 373 g/mol. The first-order chi connectivity index (χ1) is 13.7. The van der Waals surface area contributed by atoms with E-state index >= 15 is 0 Å². The molecule has 0 unspecified atom stereocenters. The summed E-state index contributed by atoms with van der Waals surface area (Å²) in [6.45, 7) is 2.01. The summed E-state index contributed by atoms with van der Waals surface area (Å²) in [6.07, 6.45) is 5.29. The Kier molecular flexibility index (Phi) is 4.09. The second-order valence-corrected chi connectivity index (χ2v) is 7.65. The average molecular weight is 389 g/mol. The van der Waals surface area contributed by atoms with Crippen molar-refractivity contribution in [2.24, 2.45) is 4.99 Å². The highest BCUT2D eigenvalue weighted by molar-refractivity contribution is 7.15. The van der Waals surface area contributed by atoms with E-state index in [4.69, 9.17) is 10.1 Å². The number of benzene rings is 1. The highest BCUT2D eigenvalue weighted by Gasteiger charge is 2.27. The lowest BCUT2D eigenvalue weighted by Crippen LogP contribution is -2.08. The summed E-state index contributed by atoms with van der Waals surface area (Å²) in [5.74, 6) is 0.565. The molecule has 0 amide bonds. The van der Waals surface area contributed by atoms with Crippen LogP contribution < -0.4 is 0 Å². The van der Waals surface area contributed by atoms with Crippen molar-refractivity contribution < 1.29 is 4.39 Å². The van der Waals surface area contributed by atoms with Crippen LogP contribution in [0.25, 0.3) is 17.1 Å². The summed E-state index contributed by atoms with van der Waals surface area (Å²) < 4.78 is 15.0. The Balaban J connectivity index is 1.52. The van der Waals surface area contributed by atoms with Crippen molar-refractivity contribution in [3.63, 3.8) is 0 Å². The van der Waals surface area contributed by atoms with Crippen molar-refractivity contribution in [1.29, 1.82) is 0 Å². The summed E-state index contributed by atoms with van der Waals surface area (Å²) >= 11 is 1.60. The van der Waals surface area contributed by atoms with E-state index in [0.29, 0.717) is 5.13 Å². The molecule has 7 heteroatoms. The highest BCUT2D eigenvalue weighted by Crippen LogP contribution is 2.41.